The number of nitrogens with zero attached hydrogens (tertiary/aromatic N) is 4. The number of anilines is 1. The Labute approximate surface area is 298 Å². The van der Waals surface area contributed by atoms with Crippen LogP contribution in [0.4, 0.5) is 17.1 Å². The fraction of sp³-hybridized carbons (Fsp3) is 0.231. The molecule has 1 unspecified atom stereocenters. The summed E-state index contributed by atoms with van der Waals surface area (Å²) in [6, 6.07) is 18.2. The number of amides is 2. The van der Waals surface area contributed by atoms with Crippen molar-refractivity contribution in [3.8, 4) is 23.0 Å². The lowest BCUT2D eigenvalue weighted by Gasteiger charge is -2.19. The van der Waals surface area contributed by atoms with Gasteiger partial charge in [0.1, 0.15) is 0 Å². The summed E-state index contributed by atoms with van der Waals surface area (Å²) < 4.78 is 23.5. The zero-order valence-corrected chi connectivity index (χ0v) is 28.9. The second-order valence-corrected chi connectivity index (χ2v) is 13.5. The summed E-state index contributed by atoms with van der Waals surface area (Å²) in [7, 11) is 3.09. The molecule has 0 saturated heterocycles. The van der Waals surface area contributed by atoms with Crippen molar-refractivity contribution in [2.45, 2.75) is 31.3 Å². The van der Waals surface area contributed by atoms with E-state index in [2.05, 4.69) is 16.1 Å². The molecule has 0 saturated carbocycles. The van der Waals surface area contributed by atoms with Gasteiger partial charge in [0.2, 0.25) is 0 Å². The summed E-state index contributed by atoms with van der Waals surface area (Å²) >= 11 is 1.66. The van der Waals surface area contributed by atoms with Crippen molar-refractivity contribution in [3.05, 3.63) is 100 Å². The molecule has 4 aromatic rings. The lowest BCUT2D eigenvalue weighted by Crippen LogP contribution is -2.32. The number of nitrogens with two attached hydrogens (primary N) is 1. The van der Waals surface area contributed by atoms with E-state index in [0.29, 0.717) is 83.7 Å². The van der Waals surface area contributed by atoms with Crippen LogP contribution in [-0.2, 0) is 0 Å². The van der Waals surface area contributed by atoms with Gasteiger partial charge in [-0.05, 0) is 52.4 Å². The van der Waals surface area contributed by atoms with Crippen LogP contribution in [0.2, 0.25) is 0 Å². The minimum atomic E-state index is -0.197. The molecule has 4 aliphatic heterocycles. The minimum Gasteiger partial charge on any atom is -0.493 e. The fourth-order valence-electron chi connectivity index (χ4n) is 6.70. The summed E-state index contributed by atoms with van der Waals surface area (Å²) in [4.78, 5) is 41.3. The van der Waals surface area contributed by atoms with Gasteiger partial charge in [0.25, 0.3) is 11.8 Å². The van der Waals surface area contributed by atoms with E-state index >= 15 is 0 Å². The van der Waals surface area contributed by atoms with Crippen molar-refractivity contribution < 1.29 is 28.5 Å². The number of fused-ring (bicyclic) bond motifs is 4. The van der Waals surface area contributed by atoms with Crippen LogP contribution in [0.3, 0.4) is 0 Å². The summed E-state index contributed by atoms with van der Waals surface area (Å²) in [6.45, 7) is 0.631. The summed E-state index contributed by atoms with van der Waals surface area (Å²) in [5, 5.41) is 2.03. The van der Waals surface area contributed by atoms with Crippen molar-refractivity contribution in [2.24, 2.45) is 9.98 Å². The van der Waals surface area contributed by atoms with Gasteiger partial charge in [0.15, 0.2) is 23.0 Å². The van der Waals surface area contributed by atoms with Crippen molar-refractivity contribution in [2.75, 3.05) is 33.2 Å². The van der Waals surface area contributed by atoms with E-state index in [0.717, 1.165) is 21.6 Å². The minimum absolute atomic E-state index is 0.127. The molecule has 2 atom stereocenters. The number of carbonyl (C=O) groups is 2. The Hall–Kier alpha value is -5.88. The average molecular weight is 702 g/mol. The topological polar surface area (TPSA) is 128 Å². The SMILES string of the molecule is COc1cc2c(cc1OCCCOc1cc3c(cc1OC)C(=O)N1C=C(c4ccc(N)cc4)C[C@H]1C=N3)N=CC1CC(c3cccs3)=CN1C2=O. The van der Waals surface area contributed by atoms with Crippen LogP contribution in [0.5, 0.6) is 23.0 Å². The number of thiophene rings is 1. The Balaban J connectivity index is 0.916. The number of hydrogen-bond donors (Lipinski definition) is 1. The van der Waals surface area contributed by atoms with Gasteiger partial charge in [-0.2, -0.15) is 0 Å². The summed E-state index contributed by atoms with van der Waals surface area (Å²) in [5.74, 6) is 1.57. The van der Waals surface area contributed by atoms with E-state index in [1.165, 1.54) is 0 Å². The highest BCUT2D eigenvalue weighted by molar-refractivity contribution is 7.11. The zero-order valence-electron chi connectivity index (χ0n) is 28.1. The van der Waals surface area contributed by atoms with E-state index in [9.17, 15) is 9.59 Å². The number of aliphatic imine (C=N–C) groups is 2. The molecule has 1 aromatic heterocycles. The molecule has 0 spiro atoms. The maximum Gasteiger partial charge on any atom is 0.260 e. The van der Waals surface area contributed by atoms with Crippen LogP contribution < -0.4 is 24.7 Å². The average Bonchev–Trinajstić information content (AvgIpc) is 3.90. The number of nitrogen functional groups attached to an aromatic ring is 1. The summed E-state index contributed by atoms with van der Waals surface area (Å²) in [6.07, 6.45) is 9.36. The molecule has 0 bridgehead atoms. The number of carbonyl (C=O) groups excluding carboxylic acids is 2. The molecule has 5 heterocycles. The molecule has 0 fully saturated rings. The predicted octanol–water partition coefficient (Wildman–Crippen LogP) is 7.14. The van der Waals surface area contributed by atoms with E-state index in [1.807, 2.05) is 60.5 Å². The third-order valence-electron chi connectivity index (χ3n) is 9.35. The highest BCUT2D eigenvalue weighted by Crippen LogP contribution is 2.42. The molecule has 258 valence electrons. The molecule has 2 amide bonds. The molecule has 51 heavy (non-hydrogen) atoms. The first kappa shape index (κ1) is 32.3. The first-order chi connectivity index (χ1) is 24.9. The standard InChI is InChI=1S/C39H35N5O6S/c1-47-33-15-29-31(41-19-27-13-24(21-43(27)38(29)45)23-6-8-26(40)9-7-23)17-35(33)49-10-4-11-50-36-18-32-30(16-34(36)48-2)39(46)44-22-25(14-28(44)20-42-32)37-5-3-12-51-37/h3,5-9,12,15-22,27-28H,4,10-11,13-14,40H2,1-2H3/t27-,28?/m0/s1. The van der Waals surface area contributed by atoms with Crippen LogP contribution in [0.1, 0.15) is 50.4 Å². The molecule has 0 radical (unpaired) electrons. The fourth-order valence-corrected chi connectivity index (χ4v) is 7.44. The normalized spacial score (nSPS) is 18.6. The second kappa shape index (κ2) is 13.4. The Morgan fingerprint density at radius 2 is 1.29 bits per heavy atom. The molecule has 11 nitrogen and oxygen atoms in total. The predicted molar refractivity (Wildman–Crippen MR) is 198 cm³/mol. The highest BCUT2D eigenvalue weighted by atomic mass is 32.1. The van der Waals surface area contributed by atoms with E-state index in [4.69, 9.17) is 24.7 Å². The van der Waals surface area contributed by atoms with Crippen molar-refractivity contribution in [3.63, 3.8) is 0 Å². The zero-order chi connectivity index (χ0) is 35.1. The Bertz CT molecular complexity index is 2140. The number of ether oxygens (including phenoxy) is 4. The highest BCUT2D eigenvalue weighted by Gasteiger charge is 2.35. The van der Waals surface area contributed by atoms with Crippen LogP contribution in [0, 0.1) is 0 Å². The third-order valence-corrected chi connectivity index (χ3v) is 10.3. The second-order valence-electron chi connectivity index (χ2n) is 12.5. The molecular formula is C39H35N5O6S. The molecule has 8 rings (SSSR count). The van der Waals surface area contributed by atoms with Gasteiger partial charge < -0.3 is 34.5 Å². The van der Waals surface area contributed by atoms with Gasteiger partial charge in [-0.1, -0.05) is 18.2 Å². The number of hydrogen-bond acceptors (Lipinski definition) is 10. The molecular weight excluding hydrogens is 667 g/mol. The number of benzene rings is 3. The van der Waals surface area contributed by atoms with Crippen molar-refractivity contribution in [1.29, 1.82) is 0 Å². The van der Waals surface area contributed by atoms with Crippen LogP contribution in [0.15, 0.2) is 88.4 Å². The first-order valence-electron chi connectivity index (χ1n) is 16.6. The van der Waals surface area contributed by atoms with Gasteiger partial charge in [-0.3, -0.25) is 19.6 Å². The third kappa shape index (κ3) is 6.12. The summed E-state index contributed by atoms with van der Waals surface area (Å²) in [5.41, 5.74) is 11.7. The Morgan fingerprint density at radius 1 is 0.745 bits per heavy atom. The largest absolute Gasteiger partial charge is 0.493 e. The van der Waals surface area contributed by atoms with Gasteiger partial charge in [-0.25, -0.2) is 0 Å². The number of rotatable bonds is 10. The quantitative estimate of drug-likeness (QED) is 0.138. The van der Waals surface area contributed by atoms with Crippen LogP contribution in [0.25, 0.3) is 11.1 Å². The molecule has 0 aliphatic carbocycles. The first-order valence-corrected chi connectivity index (χ1v) is 17.5. The van der Waals surface area contributed by atoms with Crippen LogP contribution >= 0.6 is 11.3 Å². The van der Waals surface area contributed by atoms with E-state index in [-0.39, 0.29) is 23.9 Å². The molecule has 12 heteroatoms. The Morgan fingerprint density at radius 3 is 1.82 bits per heavy atom. The maximum atomic E-state index is 13.7. The molecule has 3 aromatic carbocycles. The van der Waals surface area contributed by atoms with E-state index < -0.39 is 0 Å². The van der Waals surface area contributed by atoms with Gasteiger partial charge in [-0.15, -0.1) is 11.3 Å². The van der Waals surface area contributed by atoms with Gasteiger partial charge >= 0.3 is 0 Å². The lowest BCUT2D eigenvalue weighted by molar-refractivity contribution is 0.0809. The lowest BCUT2D eigenvalue weighted by atomic mass is 10.0. The smallest absolute Gasteiger partial charge is 0.260 e. The van der Waals surface area contributed by atoms with Gasteiger partial charge in [0.05, 0.1) is 62.0 Å². The van der Waals surface area contributed by atoms with Crippen molar-refractivity contribution >= 4 is 63.8 Å². The molecule has 4 aliphatic rings. The van der Waals surface area contributed by atoms with E-state index in [1.54, 1.807) is 59.6 Å². The Kier molecular flexibility index (Phi) is 8.52. The van der Waals surface area contributed by atoms with Crippen LogP contribution in [-0.4, -0.2) is 73.6 Å². The van der Waals surface area contributed by atoms with Gasteiger partial charge in [0, 0.05) is 66.8 Å². The number of methoxy groups -OCH3 is 2. The van der Waals surface area contributed by atoms with Crippen molar-refractivity contribution in [1.82, 2.24) is 9.80 Å². The monoisotopic (exact) mass is 701 g/mol. The maximum absolute atomic E-state index is 13.7. The molecule has 2 N–H and O–H groups in total.